The Balaban J connectivity index is 1.44. The monoisotopic (exact) mass is 448 g/mol. The third kappa shape index (κ3) is 4.69. The number of nitrogens with zero attached hydrogens (tertiary/aromatic N) is 5. The zero-order valence-electron chi connectivity index (χ0n) is 18.8. The molecule has 3 heterocycles. The third-order valence-corrected chi connectivity index (χ3v) is 4.89. The number of esters is 1. The number of hydrogen-bond acceptors (Lipinski definition) is 7. The summed E-state index contributed by atoms with van der Waals surface area (Å²) in [7, 11) is 1.79. The normalized spacial score (nSPS) is 10.9. The van der Waals surface area contributed by atoms with Gasteiger partial charge in [-0.1, -0.05) is 6.07 Å². The number of nitrogens with one attached hydrogen (secondary N) is 1. The van der Waals surface area contributed by atoms with Crippen molar-refractivity contribution in [2.75, 3.05) is 18.5 Å². The summed E-state index contributed by atoms with van der Waals surface area (Å²) in [6.45, 7) is 5.68. The van der Waals surface area contributed by atoms with Crippen molar-refractivity contribution >= 4 is 28.6 Å². The first-order valence-corrected chi connectivity index (χ1v) is 10.4. The number of pyridine rings is 1. The molecule has 1 amide bonds. The first kappa shape index (κ1) is 22.0. The van der Waals surface area contributed by atoms with E-state index in [2.05, 4.69) is 20.5 Å². The van der Waals surface area contributed by atoms with E-state index >= 15 is 0 Å². The van der Waals surface area contributed by atoms with Crippen LogP contribution in [0.2, 0.25) is 0 Å². The molecule has 1 N–H and O–H groups in total. The van der Waals surface area contributed by atoms with Crippen LogP contribution in [0.15, 0.2) is 42.6 Å². The van der Waals surface area contributed by atoms with Crippen LogP contribution in [0.1, 0.15) is 28.7 Å². The second-order valence-corrected chi connectivity index (χ2v) is 7.46. The number of aryl methyl sites for hydroxylation is 3. The lowest BCUT2D eigenvalue weighted by Gasteiger charge is -2.08. The van der Waals surface area contributed by atoms with Gasteiger partial charge in [0.15, 0.2) is 17.9 Å². The smallest absolute Gasteiger partial charge is 0.358 e. The van der Waals surface area contributed by atoms with Gasteiger partial charge in [0, 0.05) is 24.6 Å². The molecular formula is C23H24N6O4. The number of fused-ring (bicyclic) bond motifs is 1. The van der Waals surface area contributed by atoms with Gasteiger partial charge in [-0.3, -0.25) is 4.79 Å². The Morgan fingerprint density at radius 2 is 1.94 bits per heavy atom. The topological polar surface area (TPSA) is 113 Å². The van der Waals surface area contributed by atoms with Crippen molar-refractivity contribution in [2.45, 2.75) is 20.8 Å². The van der Waals surface area contributed by atoms with Crippen molar-refractivity contribution in [3.63, 3.8) is 0 Å². The van der Waals surface area contributed by atoms with Gasteiger partial charge in [-0.25, -0.2) is 19.1 Å². The summed E-state index contributed by atoms with van der Waals surface area (Å²) >= 11 is 0. The van der Waals surface area contributed by atoms with E-state index in [0.717, 1.165) is 16.6 Å². The van der Waals surface area contributed by atoms with Crippen LogP contribution in [0.25, 0.3) is 16.7 Å². The Kier molecular flexibility index (Phi) is 6.07. The summed E-state index contributed by atoms with van der Waals surface area (Å²) in [5, 5.41) is 12.2. The number of carbonyl (C=O) groups excluding carboxylic acids is 2. The SMILES string of the molecule is CCOC(=O)c1ccn(-c2cccc(NC(=O)COc3nn(C)c4nc(C)cc(C)c34)c2)n1. The van der Waals surface area contributed by atoms with E-state index in [9.17, 15) is 9.59 Å². The van der Waals surface area contributed by atoms with Crippen LogP contribution in [0, 0.1) is 13.8 Å². The first-order valence-electron chi connectivity index (χ1n) is 10.4. The molecule has 0 fully saturated rings. The molecule has 10 nitrogen and oxygen atoms in total. The van der Waals surface area contributed by atoms with Gasteiger partial charge < -0.3 is 14.8 Å². The van der Waals surface area contributed by atoms with Gasteiger partial charge in [0.05, 0.1) is 17.7 Å². The molecule has 0 aliphatic heterocycles. The minimum absolute atomic E-state index is 0.210. The number of aromatic nitrogens is 5. The molecule has 0 radical (unpaired) electrons. The van der Waals surface area contributed by atoms with Crippen molar-refractivity contribution in [3.8, 4) is 11.6 Å². The van der Waals surface area contributed by atoms with E-state index in [1.807, 2.05) is 26.0 Å². The van der Waals surface area contributed by atoms with Crippen LogP contribution in [-0.2, 0) is 16.6 Å². The third-order valence-electron chi connectivity index (χ3n) is 4.89. The van der Waals surface area contributed by atoms with Gasteiger partial charge in [0.25, 0.3) is 5.91 Å². The van der Waals surface area contributed by atoms with Crippen LogP contribution < -0.4 is 10.1 Å². The molecule has 0 aliphatic carbocycles. The fourth-order valence-corrected chi connectivity index (χ4v) is 3.49. The average Bonchev–Trinajstić information content (AvgIpc) is 3.38. The molecule has 4 aromatic rings. The molecule has 3 aromatic heterocycles. The minimum Gasteiger partial charge on any atom is -0.466 e. The summed E-state index contributed by atoms with van der Waals surface area (Å²) in [6, 6.07) is 10.6. The number of hydrogen-bond donors (Lipinski definition) is 1. The maximum Gasteiger partial charge on any atom is 0.358 e. The quantitative estimate of drug-likeness (QED) is 0.433. The Hall–Kier alpha value is -4.21. The average molecular weight is 448 g/mol. The van der Waals surface area contributed by atoms with Gasteiger partial charge in [0.2, 0.25) is 5.88 Å². The zero-order valence-corrected chi connectivity index (χ0v) is 18.8. The van der Waals surface area contributed by atoms with E-state index in [4.69, 9.17) is 9.47 Å². The second kappa shape index (κ2) is 9.11. The molecule has 10 heteroatoms. The number of rotatable bonds is 7. The number of ether oxygens (including phenoxy) is 2. The predicted molar refractivity (Wildman–Crippen MR) is 122 cm³/mol. The van der Waals surface area contributed by atoms with Gasteiger partial charge in [-0.15, -0.1) is 5.10 Å². The number of amides is 1. The summed E-state index contributed by atoms with van der Waals surface area (Å²) in [5.74, 6) is -0.457. The highest BCUT2D eigenvalue weighted by atomic mass is 16.5. The van der Waals surface area contributed by atoms with Crippen molar-refractivity contribution in [2.24, 2.45) is 7.05 Å². The highest BCUT2D eigenvalue weighted by Crippen LogP contribution is 2.27. The fraction of sp³-hybridized carbons (Fsp3) is 0.261. The molecule has 0 saturated heterocycles. The molecule has 1 aromatic carbocycles. The van der Waals surface area contributed by atoms with Crippen molar-refractivity contribution < 1.29 is 19.1 Å². The lowest BCUT2D eigenvalue weighted by Crippen LogP contribution is -2.20. The van der Waals surface area contributed by atoms with Crippen LogP contribution in [-0.4, -0.2) is 49.6 Å². The number of carbonyl (C=O) groups is 2. The van der Waals surface area contributed by atoms with Crippen molar-refractivity contribution in [1.29, 1.82) is 0 Å². The highest BCUT2D eigenvalue weighted by molar-refractivity contribution is 5.93. The maximum absolute atomic E-state index is 12.5. The summed E-state index contributed by atoms with van der Waals surface area (Å²) in [6.07, 6.45) is 1.65. The fourth-order valence-electron chi connectivity index (χ4n) is 3.49. The van der Waals surface area contributed by atoms with E-state index < -0.39 is 5.97 Å². The molecule has 0 aliphatic rings. The molecule has 33 heavy (non-hydrogen) atoms. The summed E-state index contributed by atoms with van der Waals surface area (Å²) in [5.41, 5.74) is 4.03. The van der Waals surface area contributed by atoms with Crippen molar-refractivity contribution in [1.82, 2.24) is 24.5 Å². The molecule has 0 saturated carbocycles. The molecule has 0 spiro atoms. The lowest BCUT2D eigenvalue weighted by molar-refractivity contribution is -0.118. The molecule has 0 unspecified atom stereocenters. The largest absolute Gasteiger partial charge is 0.466 e. The standard InChI is InChI=1S/C23H24N6O4/c1-5-32-23(31)18-9-10-29(26-18)17-8-6-7-16(12-17)25-19(30)13-33-22-20-14(2)11-15(3)24-21(20)28(4)27-22/h6-12H,5,13H2,1-4H3,(H,25,30). The van der Waals surface area contributed by atoms with Gasteiger partial charge >= 0.3 is 5.97 Å². The predicted octanol–water partition coefficient (Wildman–Crippen LogP) is 2.97. The number of anilines is 1. The lowest BCUT2D eigenvalue weighted by atomic mass is 10.2. The molecule has 0 atom stereocenters. The Morgan fingerprint density at radius 1 is 1.12 bits per heavy atom. The van der Waals surface area contributed by atoms with Gasteiger partial charge in [-0.2, -0.15) is 5.10 Å². The Morgan fingerprint density at radius 3 is 2.73 bits per heavy atom. The van der Waals surface area contributed by atoms with Crippen LogP contribution >= 0.6 is 0 Å². The highest BCUT2D eigenvalue weighted by Gasteiger charge is 2.16. The van der Waals surface area contributed by atoms with Crippen molar-refractivity contribution in [3.05, 3.63) is 59.5 Å². The van der Waals surface area contributed by atoms with E-state index in [1.165, 1.54) is 4.68 Å². The first-order chi connectivity index (χ1) is 15.9. The molecule has 170 valence electrons. The van der Waals surface area contributed by atoms with Crippen LogP contribution in [0.5, 0.6) is 5.88 Å². The molecule has 4 rings (SSSR count). The molecular weight excluding hydrogens is 424 g/mol. The van der Waals surface area contributed by atoms with Crippen LogP contribution in [0.3, 0.4) is 0 Å². The zero-order chi connectivity index (χ0) is 23.5. The summed E-state index contributed by atoms with van der Waals surface area (Å²) in [4.78, 5) is 28.8. The van der Waals surface area contributed by atoms with E-state index in [1.54, 1.807) is 49.1 Å². The van der Waals surface area contributed by atoms with Gasteiger partial charge in [0.1, 0.15) is 0 Å². The molecule has 0 bridgehead atoms. The second-order valence-electron chi connectivity index (χ2n) is 7.46. The summed E-state index contributed by atoms with van der Waals surface area (Å²) < 4.78 is 13.8. The maximum atomic E-state index is 12.5. The minimum atomic E-state index is -0.486. The Bertz CT molecular complexity index is 1340. The Labute approximate surface area is 190 Å². The van der Waals surface area contributed by atoms with E-state index in [-0.39, 0.29) is 24.8 Å². The van der Waals surface area contributed by atoms with Gasteiger partial charge in [-0.05, 0) is 56.7 Å². The number of benzene rings is 1. The van der Waals surface area contributed by atoms with E-state index in [0.29, 0.717) is 22.9 Å². The van der Waals surface area contributed by atoms with Crippen LogP contribution in [0.4, 0.5) is 5.69 Å².